The van der Waals surface area contributed by atoms with Crippen molar-refractivity contribution in [2.45, 2.75) is 29.2 Å². The fourth-order valence-electron chi connectivity index (χ4n) is 4.58. The molecule has 0 radical (unpaired) electrons. The Labute approximate surface area is 184 Å². The van der Waals surface area contributed by atoms with Gasteiger partial charge in [0.2, 0.25) is 0 Å². The molecule has 0 fully saturated rings. The maximum atomic E-state index is 2.50. The number of benzene rings is 3. The van der Waals surface area contributed by atoms with Gasteiger partial charge in [0, 0.05) is 0 Å². The van der Waals surface area contributed by atoms with Gasteiger partial charge in [-0.2, -0.15) is 0 Å². The second kappa shape index (κ2) is 7.84. The normalized spacial score (nSPS) is 19.5. The van der Waals surface area contributed by atoms with Crippen LogP contribution in [0.25, 0.3) is 12.2 Å². The van der Waals surface area contributed by atoms with E-state index in [0.717, 1.165) is 8.58 Å². The van der Waals surface area contributed by atoms with Crippen molar-refractivity contribution in [3.8, 4) is 0 Å². The summed E-state index contributed by atoms with van der Waals surface area (Å²) < 4.78 is 1.26. The van der Waals surface area contributed by atoms with E-state index in [9.17, 15) is 0 Å². The predicted octanol–water partition coefficient (Wildman–Crippen LogP) is 6.86. The third kappa shape index (κ3) is 3.53. The average molecular weight is 428 g/mol. The topological polar surface area (TPSA) is 0 Å². The fourth-order valence-corrected chi connectivity index (χ4v) is 9.40. The first kappa shape index (κ1) is 19.3. The van der Waals surface area contributed by atoms with Crippen LogP contribution in [0, 0.1) is 20.8 Å². The van der Waals surface area contributed by atoms with E-state index in [4.69, 9.17) is 0 Å². The zero-order valence-corrected chi connectivity index (χ0v) is 19.7. The van der Waals surface area contributed by atoms with E-state index in [1.165, 1.54) is 33.1 Å². The summed E-state index contributed by atoms with van der Waals surface area (Å²) in [5.41, 5.74) is 10.4. The Morgan fingerprint density at radius 2 is 1.55 bits per heavy atom. The van der Waals surface area contributed by atoms with Gasteiger partial charge in [-0.05, 0) is 0 Å². The Kier molecular flexibility index (Phi) is 5.21. The third-order valence-corrected chi connectivity index (χ3v) is 11.0. The zero-order chi connectivity index (χ0) is 20.0. The van der Waals surface area contributed by atoms with Crippen molar-refractivity contribution >= 4 is 26.0 Å². The van der Waals surface area contributed by atoms with Crippen LogP contribution in [-0.4, -0.2) is 0 Å². The molecule has 2 aliphatic carbocycles. The van der Waals surface area contributed by atoms with E-state index >= 15 is 0 Å². The van der Waals surface area contributed by atoms with Crippen molar-refractivity contribution in [2.24, 2.45) is 0 Å². The molecule has 0 amide bonds. The number of aryl methyl sites for hydroxylation is 3. The van der Waals surface area contributed by atoms with Gasteiger partial charge in [0.1, 0.15) is 0 Å². The summed E-state index contributed by atoms with van der Waals surface area (Å²) in [6, 6.07) is 22.6. The number of rotatable bonds is 4. The average Bonchev–Trinajstić information content (AvgIpc) is 3.30. The van der Waals surface area contributed by atoms with E-state index in [1.807, 2.05) is 0 Å². The van der Waals surface area contributed by atoms with Crippen molar-refractivity contribution in [3.63, 3.8) is 0 Å². The first-order chi connectivity index (χ1) is 14.1. The molecule has 0 aliphatic heterocycles. The quantitative estimate of drug-likeness (QED) is 0.315. The Hall–Kier alpha value is -1.72. The Morgan fingerprint density at radius 3 is 2.41 bits per heavy atom. The summed E-state index contributed by atoms with van der Waals surface area (Å²) >= 11 is -0.257. The number of fused-ring (bicyclic) bond motifs is 2. The van der Waals surface area contributed by atoms with Crippen molar-refractivity contribution < 1.29 is 19.2 Å². The van der Waals surface area contributed by atoms with Crippen molar-refractivity contribution in [1.29, 1.82) is 0 Å². The van der Waals surface area contributed by atoms with Crippen LogP contribution in [0.4, 0.5) is 0 Å². The zero-order valence-electron chi connectivity index (χ0n) is 17.2. The Balaban J connectivity index is 1.50. The Morgan fingerprint density at radius 1 is 0.793 bits per heavy atom. The summed E-state index contributed by atoms with van der Waals surface area (Å²) in [7, 11) is 0.772. The summed E-state index contributed by atoms with van der Waals surface area (Å²) in [6.07, 6.45) is 7.39. The van der Waals surface area contributed by atoms with Crippen molar-refractivity contribution in [3.05, 3.63) is 111 Å². The molecule has 3 aromatic carbocycles. The molecule has 142 valence electrons. The molecule has 2 heteroatoms. The first-order valence-electron chi connectivity index (χ1n) is 10.3. The molecule has 0 heterocycles. The molecule has 3 unspecified atom stereocenters. The van der Waals surface area contributed by atoms with Crippen LogP contribution < -0.4 is 5.30 Å². The standard InChI is InChI=1S/C16H14P.C11H11.Ti/c1-12-6-2-5-9-16(12)17-15-10-13-7-3-4-8-14(13)11-15;1-8-6-7-9(2)11-5-3-4-10(8)11;/h2-11,17H,1H3;3-7H,1-2H3;. The molecular weight excluding hydrogens is 403 g/mol. The van der Waals surface area contributed by atoms with Gasteiger partial charge in [0.15, 0.2) is 0 Å². The third-order valence-electron chi connectivity index (χ3n) is 6.19. The number of allylic oxidation sites excluding steroid dienone is 2. The van der Waals surface area contributed by atoms with Crippen molar-refractivity contribution in [2.75, 3.05) is 0 Å². The van der Waals surface area contributed by atoms with Crippen LogP contribution in [0.1, 0.15) is 47.4 Å². The fraction of sp³-hybridized carbons (Fsp3) is 0.185. The van der Waals surface area contributed by atoms with Crippen LogP contribution in [0.5, 0.6) is 0 Å². The monoisotopic (exact) mass is 428 g/mol. The van der Waals surface area contributed by atoms with Crippen LogP contribution in [0.2, 0.25) is 0 Å². The van der Waals surface area contributed by atoms with Gasteiger partial charge in [0.05, 0.1) is 0 Å². The SMILES string of the molecule is Cc1ccccc1PC1=Cc2ccccc2[CH]1[Ti][CH]1C=Cc2c(C)ccc(C)c21. The first-order valence-corrected chi connectivity index (χ1v) is 13.1. The van der Waals surface area contributed by atoms with E-state index in [1.54, 1.807) is 16.4 Å². The molecule has 0 saturated carbocycles. The molecule has 0 N–H and O–H groups in total. The van der Waals surface area contributed by atoms with E-state index in [0.29, 0.717) is 8.45 Å². The molecule has 2 aliphatic rings. The molecular formula is C27H25PTi. The van der Waals surface area contributed by atoms with Crippen LogP contribution in [-0.2, 0) is 19.2 Å². The van der Waals surface area contributed by atoms with Crippen molar-refractivity contribution in [1.82, 2.24) is 0 Å². The molecule has 0 saturated heterocycles. The van der Waals surface area contributed by atoms with Gasteiger partial charge >= 0.3 is 185 Å². The van der Waals surface area contributed by atoms with Gasteiger partial charge in [-0.15, -0.1) is 0 Å². The molecule has 5 rings (SSSR count). The molecule has 3 aromatic rings. The summed E-state index contributed by atoms with van der Waals surface area (Å²) in [4.78, 5) is 0. The molecule has 0 nitrogen and oxygen atoms in total. The Bertz CT molecular complexity index is 1150. The molecule has 3 atom stereocenters. The van der Waals surface area contributed by atoms with Gasteiger partial charge in [0.25, 0.3) is 0 Å². The second-order valence-corrected chi connectivity index (χ2v) is 11.9. The second-order valence-electron chi connectivity index (χ2n) is 8.13. The predicted molar refractivity (Wildman–Crippen MR) is 124 cm³/mol. The summed E-state index contributed by atoms with van der Waals surface area (Å²) in [5, 5.41) is 3.14. The van der Waals surface area contributed by atoms with Gasteiger partial charge in [-0.3, -0.25) is 0 Å². The molecule has 0 bridgehead atoms. The van der Waals surface area contributed by atoms with Crippen LogP contribution >= 0.6 is 8.58 Å². The van der Waals surface area contributed by atoms with Gasteiger partial charge in [-0.25, -0.2) is 0 Å². The van der Waals surface area contributed by atoms with E-state index in [2.05, 4.69) is 99.7 Å². The van der Waals surface area contributed by atoms with Crippen LogP contribution in [0.15, 0.2) is 72.1 Å². The summed E-state index contributed by atoms with van der Waals surface area (Å²) in [5.74, 6) is 0. The van der Waals surface area contributed by atoms with E-state index in [-0.39, 0.29) is 19.2 Å². The molecule has 0 spiro atoms. The molecule has 0 aromatic heterocycles. The maximum absolute atomic E-state index is 2.50. The number of hydrogen-bond acceptors (Lipinski definition) is 0. The minimum absolute atomic E-state index is 0.257. The number of hydrogen-bond donors (Lipinski definition) is 0. The minimum atomic E-state index is -0.257. The molecule has 29 heavy (non-hydrogen) atoms. The summed E-state index contributed by atoms with van der Waals surface area (Å²) in [6.45, 7) is 6.79. The van der Waals surface area contributed by atoms with Gasteiger partial charge in [-0.1, -0.05) is 0 Å². The van der Waals surface area contributed by atoms with Gasteiger partial charge < -0.3 is 0 Å². The van der Waals surface area contributed by atoms with Crippen LogP contribution in [0.3, 0.4) is 0 Å². The van der Waals surface area contributed by atoms with E-state index < -0.39 is 0 Å².